The number of nitrogens with two attached hydrogens (primary N) is 1. The van der Waals surface area contributed by atoms with Gasteiger partial charge >= 0.3 is 0 Å². The van der Waals surface area contributed by atoms with Gasteiger partial charge in [0.2, 0.25) is 0 Å². The van der Waals surface area contributed by atoms with Crippen molar-refractivity contribution in [1.82, 2.24) is 4.90 Å². The van der Waals surface area contributed by atoms with E-state index >= 15 is 0 Å². The van der Waals surface area contributed by atoms with Crippen molar-refractivity contribution in [3.05, 3.63) is 47.5 Å². The molecule has 2 aromatic carbocycles. The van der Waals surface area contributed by atoms with Crippen molar-refractivity contribution in [1.29, 1.82) is 0 Å². The van der Waals surface area contributed by atoms with Gasteiger partial charge in [-0.3, -0.25) is 4.90 Å². The summed E-state index contributed by atoms with van der Waals surface area (Å²) in [5.74, 6) is 0. The summed E-state index contributed by atoms with van der Waals surface area (Å²) >= 11 is 0. The van der Waals surface area contributed by atoms with Crippen molar-refractivity contribution in [2.24, 2.45) is 5.73 Å². The summed E-state index contributed by atoms with van der Waals surface area (Å²) in [5, 5.41) is 2.70. The molecule has 0 aromatic heterocycles. The van der Waals surface area contributed by atoms with E-state index in [1.165, 1.54) is 34.7 Å². The van der Waals surface area contributed by atoms with Gasteiger partial charge in [0, 0.05) is 32.3 Å². The van der Waals surface area contributed by atoms with E-state index in [4.69, 9.17) is 10.5 Å². The van der Waals surface area contributed by atoms with Crippen LogP contribution in [-0.2, 0) is 11.3 Å². The van der Waals surface area contributed by atoms with E-state index in [-0.39, 0.29) is 0 Å². The number of hydrogen-bond donors (Lipinski definition) is 1. The molecule has 0 amide bonds. The van der Waals surface area contributed by atoms with Crippen LogP contribution < -0.4 is 5.73 Å². The van der Waals surface area contributed by atoms with Crippen LogP contribution in [0.1, 0.15) is 30.0 Å². The van der Waals surface area contributed by atoms with Gasteiger partial charge in [0.1, 0.15) is 0 Å². The number of fused-ring (bicyclic) bond motifs is 3. The van der Waals surface area contributed by atoms with Gasteiger partial charge in [0.15, 0.2) is 0 Å². The van der Waals surface area contributed by atoms with Crippen LogP contribution >= 0.6 is 0 Å². The molecule has 2 aliphatic heterocycles. The molecule has 2 unspecified atom stereocenters. The molecule has 2 N–H and O–H groups in total. The second-order valence-electron chi connectivity index (χ2n) is 6.17. The highest BCUT2D eigenvalue weighted by atomic mass is 16.5. The zero-order valence-corrected chi connectivity index (χ0v) is 12.3. The molecule has 21 heavy (non-hydrogen) atoms. The van der Waals surface area contributed by atoms with Gasteiger partial charge in [-0.2, -0.15) is 0 Å². The highest BCUT2D eigenvalue weighted by Crippen LogP contribution is 2.37. The molecule has 4 rings (SSSR count). The van der Waals surface area contributed by atoms with E-state index in [0.29, 0.717) is 18.7 Å². The number of rotatable bonds is 3. The first-order valence-corrected chi connectivity index (χ1v) is 7.93. The van der Waals surface area contributed by atoms with Crippen LogP contribution in [0.2, 0.25) is 0 Å². The third kappa shape index (κ3) is 2.26. The SMILES string of the molecule is NCC1c2ccc3ccccc3c2CN1CC1CCCO1. The summed E-state index contributed by atoms with van der Waals surface area (Å²) in [7, 11) is 0. The first-order valence-electron chi connectivity index (χ1n) is 7.93. The van der Waals surface area contributed by atoms with Crippen LogP contribution in [-0.4, -0.2) is 30.7 Å². The zero-order valence-electron chi connectivity index (χ0n) is 12.3. The third-order valence-corrected chi connectivity index (χ3v) is 4.92. The Morgan fingerprint density at radius 1 is 1.19 bits per heavy atom. The Morgan fingerprint density at radius 2 is 2.10 bits per heavy atom. The smallest absolute Gasteiger partial charge is 0.0703 e. The summed E-state index contributed by atoms with van der Waals surface area (Å²) < 4.78 is 5.81. The number of ether oxygens (including phenoxy) is 1. The molecule has 3 nitrogen and oxygen atoms in total. The Hall–Kier alpha value is -1.42. The van der Waals surface area contributed by atoms with E-state index in [1.807, 2.05) is 0 Å². The van der Waals surface area contributed by atoms with E-state index in [1.54, 1.807) is 0 Å². The normalized spacial score (nSPS) is 25.6. The Balaban J connectivity index is 1.69. The van der Waals surface area contributed by atoms with E-state index in [0.717, 1.165) is 19.7 Å². The quantitative estimate of drug-likeness (QED) is 0.941. The van der Waals surface area contributed by atoms with Gasteiger partial charge in [0.05, 0.1) is 6.10 Å². The zero-order chi connectivity index (χ0) is 14.2. The van der Waals surface area contributed by atoms with Crippen molar-refractivity contribution in [3.63, 3.8) is 0 Å². The summed E-state index contributed by atoms with van der Waals surface area (Å²) in [4.78, 5) is 2.51. The van der Waals surface area contributed by atoms with Crippen molar-refractivity contribution in [2.75, 3.05) is 19.7 Å². The molecule has 2 heterocycles. The molecule has 2 aliphatic rings. The Morgan fingerprint density at radius 3 is 2.90 bits per heavy atom. The number of hydrogen-bond acceptors (Lipinski definition) is 3. The first-order chi connectivity index (χ1) is 10.4. The number of nitrogens with zero attached hydrogens (tertiary/aromatic N) is 1. The van der Waals surface area contributed by atoms with Crippen LogP contribution in [0.25, 0.3) is 10.8 Å². The average Bonchev–Trinajstić information content (AvgIpc) is 3.14. The lowest BCUT2D eigenvalue weighted by Crippen LogP contribution is -2.34. The first kappa shape index (κ1) is 13.3. The van der Waals surface area contributed by atoms with Crippen molar-refractivity contribution < 1.29 is 4.74 Å². The van der Waals surface area contributed by atoms with Gasteiger partial charge in [-0.25, -0.2) is 0 Å². The predicted octanol–water partition coefficient (Wildman–Crippen LogP) is 2.83. The molecule has 0 spiro atoms. The predicted molar refractivity (Wildman–Crippen MR) is 85.1 cm³/mol. The second-order valence-corrected chi connectivity index (χ2v) is 6.17. The van der Waals surface area contributed by atoms with Crippen LogP contribution in [0, 0.1) is 0 Å². The van der Waals surface area contributed by atoms with Gasteiger partial charge in [-0.15, -0.1) is 0 Å². The van der Waals surface area contributed by atoms with Crippen LogP contribution in [0.5, 0.6) is 0 Å². The summed E-state index contributed by atoms with van der Waals surface area (Å²) in [6.45, 7) is 3.60. The molecule has 1 saturated heterocycles. The molecular formula is C18H22N2O. The van der Waals surface area contributed by atoms with Crippen molar-refractivity contribution in [2.45, 2.75) is 31.5 Å². The number of benzene rings is 2. The summed E-state index contributed by atoms with van der Waals surface area (Å²) in [5.41, 5.74) is 8.95. The lowest BCUT2D eigenvalue weighted by Gasteiger charge is -2.26. The van der Waals surface area contributed by atoms with Crippen LogP contribution in [0.3, 0.4) is 0 Å². The van der Waals surface area contributed by atoms with E-state index in [9.17, 15) is 0 Å². The highest BCUT2D eigenvalue weighted by Gasteiger charge is 2.32. The minimum absolute atomic E-state index is 0.341. The second kappa shape index (κ2) is 5.41. The molecule has 0 aliphatic carbocycles. The third-order valence-electron chi connectivity index (χ3n) is 4.92. The van der Waals surface area contributed by atoms with Gasteiger partial charge in [-0.1, -0.05) is 36.4 Å². The van der Waals surface area contributed by atoms with E-state index in [2.05, 4.69) is 41.3 Å². The maximum atomic E-state index is 6.07. The maximum absolute atomic E-state index is 6.07. The summed E-state index contributed by atoms with van der Waals surface area (Å²) in [6, 6.07) is 13.5. The fraction of sp³-hybridized carbons (Fsp3) is 0.444. The minimum atomic E-state index is 0.341. The van der Waals surface area contributed by atoms with Gasteiger partial charge in [0.25, 0.3) is 0 Å². The Kier molecular flexibility index (Phi) is 3.42. The molecule has 2 aromatic rings. The average molecular weight is 282 g/mol. The molecule has 0 saturated carbocycles. The van der Waals surface area contributed by atoms with Crippen molar-refractivity contribution in [3.8, 4) is 0 Å². The van der Waals surface area contributed by atoms with Crippen LogP contribution in [0.4, 0.5) is 0 Å². The lowest BCUT2D eigenvalue weighted by molar-refractivity contribution is 0.0610. The molecule has 1 fully saturated rings. The van der Waals surface area contributed by atoms with Crippen molar-refractivity contribution >= 4 is 10.8 Å². The standard InChI is InChI=1S/C18H22N2O/c19-10-18-16-8-7-13-4-1-2-6-15(13)17(16)12-20(18)11-14-5-3-9-21-14/h1-2,4,6-8,14,18H,3,5,9-12,19H2. The fourth-order valence-corrected chi connectivity index (χ4v) is 3.87. The fourth-order valence-electron chi connectivity index (χ4n) is 3.87. The highest BCUT2D eigenvalue weighted by molar-refractivity contribution is 5.87. The van der Waals surface area contributed by atoms with Crippen LogP contribution in [0.15, 0.2) is 36.4 Å². The molecule has 110 valence electrons. The summed E-state index contributed by atoms with van der Waals surface area (Å²) in [6.07, 6.45) is 2.77. The largest absolute Gasteiger partial charge is 0.377 e. The Labute approximate surface area is 125 Å². The maximum Gasteiger partial charge on any atom is 0.0703 e. The molecule has 3 heteroatoms. The Bertz CT molecular complexity index is 649. The molecule has 0 bridgehead atoms. The topological polar surface area (TPSA) is 38.5 Å². The minimum Gasteiger partial charge on any atom is -0.377 e. The lowest BCUT2D eigenvalue weighted by atomic mass is 9.98. The molecular weight excluding hydrogens is 260 g/mol. The van der Waals surface area contributed by atoms with Gasteiger partial charge in [-0.05, 0) is 34.7 Å². The van der Waals surface area contributed by atoms with E-state index < -0.39 is 0 Å². The van der Waals surface area contributed by atoms with Gasteiger partial charge < -0.3 is 10.5 Å². The molecule has 2 atom stereocenters. The monoisotopic (exact) mass is 282 g/mol. The molecule has 0 radical (unpaired) electrons.